The molecule has 1 aromatic heterocycles. The van der Waals surface area contributed by atoms with E-state index in [1.165, 1.54) is 16.8 Å². The molecule has 5 nitrogen and oxygen atoms in total. The van der Waals surface area contributed by atoms with Crippen molar-refractivity contribution in [2.75, 3.05) is 17.6 Å². The SMILES string of the molecule is C=CPOc1c2c(c(N(C)SC)c3cccnc13)CN(Cc1c(F)ccc(Cl)c1F)C2=O. The molecule has 2 aromatic carbocycles. The lowest BCUT2D eigenvalue weighted by atomic mass is 10.0. The zero-order valence-corrected chi connectivity index (χ0v) is 19.9. The Morgan fingerprint density at radius 3 is 2.91 bits per heavy atom. The maximum Gasteiger partial charge on any atom is 0.258 e. The van der Waals surface area contributed by atoms with Crippen LogP contribution in [0.5, 0.6) is 5.75 Å². The summed E-state index contributed by atoms with van der Waals surface area (Å²) in [7, 11) is 1.81. The van der Waals surface area contributed by atoms with Gasteiger partial charge in [-0.05, 0) is 30.1 Å². The standard InChI is InChI=1S/C22H19ClF2N3O2PS/c1-4-31-30-21-17-14(20(27(2)32-3)12-6-5-9-26-19(12)21)11-28(22(17)29)10-13-16(24)8-7-15(23)18(13)25/h4-9,31H,1,10-11H2,2-3H3. The first-order valence-electron chi connectivity index (χ1n) is 9.55. The number of hydrogen-bond donors (Lipinski definition) is 0. The topological polar surface area (TPSA) is 45.7 Å². The Hall–Kier alpha value is -2.41. The molecule has 4 rings (SSSR count). The molecule has 0 spiro atoms. The first kappa shape index (κ1) is 22.8. The van der Waals surface area contributed by atoms with Gasteiger partial charge in [0.15, 0.2) is 5.75 Å². The number of rotatable bonds is 7. The highest BCUT2D eigenvalue weighted by Gasteiger charge is 2.37. The molecule has 166 valence electrons. The minimum Gasteiger partial charge on any atom is -0.470 e. The fourth-order valence-electron chi connectivity index (χ4n) is 3.80. The Labute approximate surface area is 195 Å². The number of aromatic nitrogens is 1. The second-order valence-corrected chi connectivity index (χ2v) is 9.19. The summed E-state index contributed by atoms with van der Waals surface area (Å²) in [5.41, 5.74) is 2.18. The van der Waals surface area contributed by atoms with Gasteiger partial charge in [0, 0.05) is 42.6 Å². The van der Waals surface area contributed by atoms with Crippen molar-refractivity contribution in [1.29, 1.82) is 0 Å². The maximum atomic E-state index is 14.5. The lowest BCUT2D eigenvalue weighted by Gasteiger charge is -2.22. The number of pyridine rings is 1. The molecule has 0 aliphatic carbocycles. The summed E-state index contributed by atoms with van der Waals surface area (Å²) in [5.74, 6) is -0.0451. The van der Waals surface area contributed by atoms with Gasteiger partial charge in [-0.15, -0.1) is 0 Å². The molecular formula is C22H19ClF2N3O2PS. The van der Waals surface area contributed by atoms with Crippen LogP contribution in [0, 0.1) is 11.6 Å². The summed E-state index contributed by atoms with van der Waals surface area (Å²) in [6.45, 7) is 3.59. The van der Waals surface area contributed by atoms with Gasteiger partial charge in [-0.3, -0.25) is 9.78 Å². The highest BCUT2D eigenvalue weighted by Crippen LogP contribution is 2.47. The molecule has 0 saturated carbocycles. The smallest absolute Gasteiger partial charge is 0.258 e. The third kappa shape index (κ3) is 3.81. The van der Waals surface area contributed by atoms with Crippen molar-refractivity contribution >= 4 is 54.9 Å². The molecule has 0 radical (unpaired) electrons. The molecule has 0 bridgehead atoms. The molecule has 0 fully saturated rings. The van der Waals surface area contributed by atoms with Gasteiger partial charge in [-0.25, -0.2) is 8.78 Å². The molecule has 1 amide bonds. The number of amides is 1. The number of nitrogens with zero attached hydrogens (tertiary/aromatic N) is 3. The van der Waals surface area contributed by atoms with Crippen LogP contribution >= 0.6 is 32.4 Å². The summed E-state index contributed by atoms with van der Waals surface area (Å²) in [5, 5.41) is 0.626. The summed E-state index contributed by atoms with van der Waals surface area (Å²) < 4.78 is 36.8. The number of hydrogen-bond acceptors (Lipinski definition) is 5. The van der Waals surface area contributed by atoms with Crippen LogP contribution in [0.2, 0.25) is 5.02 Å². The second kappa shape index (κ2) is 9.22. The lowest BCUT2D eigenvalue weighted by Crippen LogP contribution is -2.24. The van der Waals surface area contributed by atoms with Crippen molar-refractivity contribution in [3.8, 4) is 5.75 Å². The molecule has 3 aromatic rings. The largest absolute Gasteiger partial charge is 0.470 e. The van der Waals surface area contributed by atoms with E-state index in [0.29, 0.717) is 16.8 Å². The van der Waals surface area contributed by atoms with Crippen molar-refractivity contribution in [3.05, 3.63) is 76.2 Å². The molecular weight excluding hydrogens is 475 g/mol. The van der Waals surface area contributed by atoms with Gasteiger partial charge >= 0.3 is 0 Å². The number of carbonyl (C=O) groups excluding carboxylic acids is 1. The number of halogens is 3. The van der Waals surface area contributed by atoms with Crippen molar-refractivity contribution in [2.24, 2.45) is 0 Å². The molecule has 1 unspecified atom stereocenters. The third-order valence-corrected chi connectivity index (χ3v) is 6.77. The Morgan fingerprint density at radius 2 is 2.19 bits per heavy atom. The Balaban J connectivity index is 1.89. The van der Waals surface area contributed by atoms with Gasteiger partial charge in [-0.2, -0.15) is 0 Å². The van der Waals surface area contributed by atoms with Crippen molar-refractivity contribution in [2.45, 2.75) is 13.1 Å². The highest BCUT2D eigenvalue weighted by molar-refractivity contribution is 7.99. The quantitative estimate of drug-likeness (QED) is 0.224. The molecule has 1 atom stereocenters. The van der Waals surface area contributed by atoms with Crippen LogP contribution in [0.4, 0.5) is 14.5 Å². The van der Waals surface area contributed by atoms with E-state index in [1.54, 1.807) is 12.0 Å². The van der Waals surface area contributed by atoms with Crippen LogP contribution < -0.4 is 8.83 Å². The fraction of sp³-hybridized carbons (Fsp3) is 0.182. The summed E-state index contributed by atoms with van der Waals surface area (Å²) in [4.78, 5) is 19.4. The molecule has 1 aliphatic heterocycles. The van der Waals surface area contributed by atoms with Crippen LogP contribution in [0.15, 0.2) is 42.9 Å². The van der Waals surface area contributed by atoms with Gasteiger partial charge in [0.1, 0.15) is 17.2 Å². The monoisotopic (exact) mass is 493 g/mol. The minimum atomic E-state index is -0.867. The number of fused-ring (bicyclic) bond motifs is 2. The van der Waals surface area contributed by atoms with Crippen LogP contribution in [-0.2, 0) is 13.1 Å². The van der Waals surface area contributed by atoms with Crippen LogP contribution in [0.25, 0.3) is 10.9 Å². The number of carbonyl (C=O) groups is 1. The third-order valence-electron chi connectivity index (χ3n) is 5.26. The minimum absolute atomic E-state index is 0.0827. The van der Waals surface area contributed by atoms with E-state index in [9.17, 15) is 13.6 Å². The molecule has 2 heterocycles. The van der Waals surface area contributed by atoms with Gasteiger partial charge in [0.25, 0.3) is 5.91 Å². The molecule has 0 N–H and O–H groups in total. The average Bonchev–Trinajstić information content (AvgIpc) is 3.12. The molecule has 1 aliphatic rings. The lowest BCUT2D eigenvalue weighted by molar-refractivity contribution is 0.0762. The van der Waals surface area contributed by atoms with E-state index in [-0.39, 0.29) is 38.4 Å². The van der Waals surface area contributed by atoms with Gasteiger partial charge < -0.3 is 13.7 Å². The summed E-state index contributed by atoms with van der Waals surface area (Å²) in [6.07, 6.45) is 3.55. The fourth-order valence-corrected chi connectivity index (χ4v) is 4.77. The summed E-state index contributed by atoms with van der Waals surface area (Å²) >= 11 is 7.32. The van der Waals surface area contributed by atoms with Gasteiger partial charge in [0.05, 0.1) is 31.6 Å². The molecule has 32 heavy (non-hydrogen) atoms. The van der Waals surface area contributed by atoms with E-state index in [1.807, 2.05) is 29.7 Å². The number of anilines is 1. The predicted molar refractivity (Wildman–Crippen MR) is 128 cm³/mol. The molecule has 0 saturated heterocycles. The Bertz CT molecular complexity index is 1240. The van der Waals surface area contributed by atoms with Crippen LogP contribution in [0.3, 0.4) is 0 Å². The van der Waals surface area contributed by atoms with E-state index in [2.05, 4.69) is 11.6 Å². The van der Waals surface area contributed by atoms with Crippen molar-refractivity contribution < 1.29 is 18.1 Å². The predicted octanol–water partition coefficient (Wildman–Crippen LogP) is 6.15. The van der Waals surface area contributed by atoms with Crippen molar-refractivity contribution in [1.82, 2.24) is 9.88 Å². The highest BCUT2D eigenvalue weighted by atomic mass is 35.5. The number of benzene rings is 2. The summed E-state index contributed by atoms with van der Waals surface area (Å²) in [6, 6.07) is 5.98. The Kier molecular flexibility index (Phi) is 6.56. The zero-order chi connectivity index (χ0) is 23.0. The first-order valence-corrected chi connectivity index (χ1v) is 12.1. The van der Waals surface area contributed by atoms with E-state index >= 15 is 0 Å². The molecule has 10 heteroatoms. The van der Waals surface area contributed by atoms with Crippen LogP contribution in [-0.4, -0.2) is 29.1 Å². The zero-order valence-electron chi connectivity index (χ0n) is 17.3. The average molecular weight is 494 g/mol. The van der Waals surface area contributed by atoms with E-state index < -0.39 is 11.6 Å². The van der Waals surface area contributed by atoms with Crippen molar-refractivity contribution in [3.63, 3.8) is 0 Å². The Morgan fingerprint density at radius 1 is 1.41 bits per heavy atom. The normalized spacial score (nSPS) is 13.3. The van der Waals surface area contributed by atoms with E-state index in [0.717, 1.165) is 28.8 Å². The second-order valence-electron chi connectivity index (χ2n) is 7.02. The maximum absolute atomic E-state index is 14.5. The van der Waals surface area contributed by atoms with Gasteiger partial charge in [0.2, 0.25) is 0 Å². The first-order chi connectivity index (χ1) is 15.4. The van der Waals surface area contributed by atoms with Gasteiger partial charge in [-0.1, -0.05) is 30.1 Å². The van der Waals surface area contributed by atoms with Crippen LogP contribution in [0.1, 0.15) is 21.5 Å². The van der Waals surface area contributed by atoms with E-state index in [4.69, 9.17) is 16.1 Å².